The molecule has 1 aromatic carbocycles. The largest absolute Gasteiger partial charge is 0.573 e. The van der Waals surface area contributed by atoms with Crippen LogP contribution in [-0.2, 0) is 11.8 Å². The van der Waals surface area contributed by atoms with Crippen LogP contribution in [-0.4, -0.2) is 59.3 Å². The van der Waals surface area contributed by atoms with E-state index in [0.29, 0.717) is 45.9 Å². The van der Waals surface area contributed by atoms with E-state index in [0.717, 1.165) is 6.04 Å². The molecule has 0 radical (unpaired) electrons. The molecule has 15 heteroatoms. The minimum Gasteiger partial charge on any atom is -0.406 e. The maximum atomic E-state index is 12.7. The van der Waals surface area contributed by atoms with Crippen molar-refractivity contribution in [3.8, 4) is 5.75 Å². The first-order chi connectivity index (χ1) is 18.7. The second kappa shape index (κ2) is 11.8. The van der Waals surface area contributed by atoms with Crippen LogP contribution in [0.1, 0.15) is 0 Å². The Kier molecular flexibility index (Phi) is 8.78. The first kappa shape index (κ1) is 29.8. The van der Waals surface area contributed by atoms with Gasteiger partial charge in [-0.15, -0.1) is 13.2 Å². The molecule has 214 valence electrons. The number of nitrogens with zero attached hydrogens (tertiary/aromatic N) is 7. The van der Waals surface area contributed by atoms with Crippen LogP contribution in [0, 0.1) is 0 Å². The van der Waals surface area contributed by atoms with Crippen molar-refractivity contribution in [3.63, 3.8) is 0 Å². The number of rotatable bonds is 10. The van der Waals surface area contributed by atoms with Crippen molar-refractivity contribution in [1.82, 2.24) is 24.5 Å². The summed E-state index contributed by atoms with van der Waals surface area (Å²) in [5.74, 6) is 0.569. The van der Waals surface area contributed by atoms with E-state index in [1.807, 2.05) is 6.07 Å². The second-order valence-corrected chi connectivity index (χ2v) is 16.6. The van der Waals surface area contributed by atoms with E-state index in [9.17, 15) is 13.2 Å². The van der Waals surface area contributed by atoms with Gasteiger partial charge in [-0.3, -0.25) is 9.47 Å². The van der Waals surface area contributed by atoms with Gasteiger partial charge >= 0.3 is 6.36 Å². The van der Waals surface area contributed by atoms with Crippen LogP contribution < -0.4 is 14.5 Å². The molecule has 0 saturated heterocycles. The smallest absolute Gasteiger partial charge is 0.406 e. The number of halogens is 5. The van der Waals surface area contributed by atoms with Gasteiger partial charge in [0.1, 0.15) is 23.0 Å². The number of pyridine rings is 1. The molecule has 0 spiro atoms. The molecule has 3 aromatic heterocycles. The van der Waals surface area contributed by atoms with Crippen LogP contribution >= 0.6 is 23.2 Å². The van der Waals surface area contributed by atoms with E-state index in [-0.39, 0.29) is 17.8 Å². The highest BCUT2D eigenvalue weighted by Crippen LogP contribution is 2.33. The summed E-state index contributed by atoms with van der Waals surface area (Å²) in [6, 6.07) is 8.33. The Balaban J connectivity index is 1.68. The van der Waals surface area contributed by atoms with Crippen molar-refractivity contribution in [2.24, 2.45) is 7.05 Å². The molecule has 0 aliphatic carbocycles. The first-order valence-electron chi connectivity index (χ1n) is 12.2. The van der Waals surface area contributed by atoms with E-state index in [1.54, 1.807) is 34.7 Å². The molecular weight excluding hydrogens is 586 g/mol. The number of aryl methyl sites for hydroxylation is 1. The number of ether oxygens (including phenoxy) is 2. The summed E-state index contributed by atoms with van der Waals surface area (Å²) in [6.07, 6.45) is -1.72. The average molecular weight is 615 g/mol. The van der Waals surface area contributed by atoms with Crippen molar-refractivity contribution in [2.45, 2.75) is 32.0 Å². The number of aromatic nitrogens is 5. The third-order valence-electron chi connectivity index (χ3n) is 5.91. The number of fused-ring (bicyclic) bond motifs is 1. The highest BCUT2D eigenvalue weighted by molar-refractivity contribution is 6.76. The van der Waals surface area contributed by atoms with Crippen molar-refractivity contribution >= 4 is 65.6 Å². The summed E-state index contributed by atoms with van der Waals surface area (Å²) >= 11 is 12.2. The Bertz CT molecular complexity index is 1480. The highest BCUT2D eigenvalue weighted by Gasteiger charge is 2.31. The number of benzene rings is 1. The zero-order valence-corrected chi connectivity index (χ0v) is 25.0. The molecule has 9 nitrogen and oxygen atoms in total. The number of hydrogen-bond acceptors (Lipinski definition) is 8. The predicted octanol–water partition coefficient (Wildman–Crippen LogP) is 7.18. The SMILES string of the molecule is CN(c1cnc2c(c1)nc(N(COCC[Si](C)(C)C)c1ccc(OC(F)(F)F)cc1)n2C)c1nc(Cl)ncc1Cl. The minimum atomic E-state index is -4.78. The molecule has 4 aromatic rings. The van der Waals surface area contributed by atoms with E-state index >= 15 is 0 Å². The van der Waals surface area contributed by atoms with E-state index < -0.39 is 14.4 Å². The van der Waals surface area contributed by atoms with Gasteiger partial charge in [-0.05, 0) is 48.0 Å². The molecule has 0 aliphatic rings. The Morgan fingerprint density at radius 1 is 1.00 bits per heavy atom. The van der Waals surface area contributed by atoms with E-state index in [1.165, 1.54) is 30.5 Å². The maximum Gasteiger partial charge on any atom is 0.573 e. The minimum absolute atomic E-state index is 0.0526. The van der Waals surface area contributed by atoms with E-state index in [2.05, 4.69) is 39.3 Å². The fraction of sp³-hybridized carbons (Fsp3) is 0.360. The van der Waals surface area contributed by atoms with Gasteiger partial charge in [0, 0.05) is 34.5 Å². The Labute approximate surface area is 240 Å². The van der Waals surface area contributed by atoms with Gasteiger partial charge in [-0.2, -0.15) is 4.98 Å². The lowest BCUT2D eigenvalue weighted by atomic mass is 10.3. The number of anilines is 4. The van der Waals surface area contributed by atoms with E-state index in [4.69, 9.17) is 32.9 Å². The quantitative estimate of drug-likeness (QED) is 0.0805. The van der Waals surface area contributed by atoms with Gasteiger partial charge in [0.15, 0.2) is 11.5 Å². The van der Waals surface area contributed by atoms with Crippen LogP contribution in [0.5, 0.6) is 5.75 Å². The predicted molar refractivity (Wildman–Crippen MR) is 153 cm³/mol. The highest BCUT2D eigenvalue weighted by atomic mass is 35.5. The van der Waals surface area contributed by atoms with Crippen LogP contribution in [0.2, 0.25) is 36.0 Å². The average Bonchev–Trinajstić information content (AvgIpc) is 3.19. The summed E-state index contributed by atoms with van der Waals surface area (Å²) in [7, 11) is 2.23. The number of hydrogen-bond donors (Lipinski definition) is 0. The molecular formula is C25H28Cl2F3N7O2Si. The summed E-state index contributed by atoms with van der Waals surface area (Å²) in [5, 5.41) is 0.366. The molecule has 0 atom stereocenters. The van der Waals surface area contributed by atoms with Gasteiger partial charge in [-0.25, -0.2) is 15.0 Å². The summed E-state index contributed by atoms with van der Waals surface area (Å²) in [6.45, 7) is 7.43. The number of imidazole rings is 1. The van der Waals surface area contributed by atoms with Crippen LogP contribution in [0.15, 0.2) is 42.7 Å². The lowest BCUT2D eigenvalue weighted by Crippen LogP contribution is -2.27. The van der Waals surface area contributed by atoms with Crippen molar-refractivity contribution in [2.75, 3.05) is 30.2 Å². The third kappa shape index (κ3) is 7.33. The normalized spacial score (nSPS) is 12.2. The molecule has 0 fully saturated rings. The van der Waals surface area contributed by atoms with Crippen molar-refractivity contribution in [3.05, 3.63) is 53.0 Å². The maximum absolute atomic E-state index is 12.7. The molecule has 0 N–H and O–H groups in total. The lowest BCUT2D eigenvalue weighted by Gasteiger charge is -2.25. The zero-order valence-electron chi connectivity index (χ0n) is 22.5. The fourth-order valence-electron chi connectivity index (χ4n) is 3.78. The Morgan fingerprint density at radius 3 is 2.35 bits per heavy atom. The summed E-state index contributed by atoms with van der Waals surface area (Å²) < 4.78 is 49.9. The monoisotopic (exact) mass is 613 g/mol. The standard InChI is InChI=1S/C25H28Cl2F3N7O2Si/c1-35(21-19(26)14-32-23(27)34-21)17-12-20-22(31-13-17)36(2)24(33-20)37(15-38-10-11-40(3,4)5)16-6-8-18(9-7-16)39-25(28,29)30/h6-9,12-14H,10-11,15H2,1-5H3. The van der Waals surface area contributed by atoms with Crippen molar-refractivity contribution < 1.29 is 22.6 Å². The van der Waals surface area contributed by atoms with Crippen LogP contribution in [0.3, 0.4) is 0 Å². The first-order valence-corrected chi connectivity index (χ1v) is 16.6. The molecule has 0 unspecified atom stereocenters. The molecule has 40 heavy (non-hydrogen) atoms. The van der Waals surface area contributed by atoms with Gasteiger partial charge in [0.2, 0.25) is 11.2 Å². The van der Waals surface area contributed by atoms with Crippen molar-refractivity contribution in [1.29, 1.82) is 0 Å². The molecule has 0 saturated carbocycles. The number of alkyl halides is 3. The van der Waals surface area contributed by atoms with Gasteiger partial charge in [0.05, 0.1) is 18.1 Å². The zero-order chi connectivity index (χ0) is 29.2. The Morgan fingerprint density at radius 2 is 1.70 bits per heavy atom. The Hall–Kier alpha value is -3.13. The lowest BCUT2D eigenvalue weighted by molar-refractivity contribution is -0.274. The van der Waals surface area contributed by atoms with Crippen LogP contribution in [0.25, 0.3) is 11.2 Å². The topological polar surface area (TPSA) is 81.4 Å². The van der Waals surface area contributed by atoms with Gasteiger partial charge in [0.25, 0.3) is 0 Å². The van der Waals surface area contributed by atoms with Crippen LogP contribution in [0.4, 0.5) is 36.3 Å². The third-order valence-corrected chi connectivity index (χ3v) is 8.07. The van der Waals surface area contributed by atoms with Gasteiger partial charge < -0.3 is 14.4 Å². The van der Waals surface area contributed by atoms with Gasteiger partial charge in [-0.1, -0.05) is 31.2 Å². The molecule has 0 bridgehead atoms. The molecule has 3 heterocycles. The molecule has 0 aliphatic heterocycles. The fourth-order valence-corrected chi connectivity index (χ4v) is 4.89. The molecule has 4 rings (SSSR count). The molecule has 0 amide bonds. The summed E-state index contributed by atoms with van der Waals surface area (Å²) in [4.78, 5) is 21.0. The second-order valence-electron chi connectivity index (χ2n) is 10.2. The summed E-state index contributed by atoms with van der Waals surface area (Å²) in [5.41, 5.74) is 2.38.